The first kappa shape index (κ1) is 15.3. The monoisotopic (exact) mass is 356 g/mol. The van der Waals surface area contributed by atoms with Gasteiger partial charge in [0.05, 0.1) is 25.1 Å². The SMILES string of the molecule is CC1(C)CCc2c(N3CCOCC3)nc3sc4c(=O)[nH]cnc4c3c21. The first-order valence-electron chi connectivity index (χ1n) is 8.72. The van der Waals surface area contributed by atoms with Crippen LogP contribution in [0.25, 0.3) is 20.4 Å². The summed E-state index contributed by atoms with van der Waals surface area (Å²) in [6.45, 7) is 7.80. The molecule has 6 nitrogen and oxygen atoms in total. The lowest BCUT2D eigenvalue weighted by atomic mass is 9.85. The Hall–Kier alpha value is -1.99. The third-order valence-corrected chi connectivity index (χ3v) is 6.55. The molecule has 0 bridgehead atoms. The molecule has 0 spiro atoms. The van der Waals surface area contributed by atoms with Crippen molar-refractivity contribution in [2.75, 3.05) is 31.2 Å². The van der Waals surface area contributed by atoms with Crippen molar-refractivity contribution in [2.24, 2.45) is 0 Å². The number of pyridine rings is 1. The number of aromatic amines is 1. The van der Waals surface area contributed by atoms with Gasteiger partial charge in [-0.05, 0) is 29.4 Å². The first-order chi connectivity index (χ1) is 12.1. The van der Waals surface area contributed by atoms with Crippen molar-refractivity contribution in [1.82, 2.24) is 15.0 Å². The third-order valence-electron chi connectivity index (χ3n) is 5.48. The van der Waals surface area contributed by atoms with Crippen molar-refractivity contribution in [2.45, 2.75) is 32.1 Å². The van der Waals surface area contributed by atoms with E-state index in [1.165, 1.54) is 28.8 Å². The van der Waals surface area contributed by atoms with E-state index in [-0.39, 0.29) is 11.0 Å². The second-order valence-corrected chi connectivity index (χ2v) is 8.46. The van der Waals surface area contributed by atoms with Gasteiger partial charge in [0.2, 0.25) is 0 Å². The van der Waals surface area contributed by atoms with Crippen LogP contribution in [0.1, 0.15) is 31.4 Å². The Bertz CT molecular complexity index is 1050. The molecule has 4 heterocycles. The summed E-state index contributed by atoms with van der Waals surface area (Å²) in [5.74, 6) is 1.08. The summed E-state index contributed by atoms with van der Waals surface area (Å²) in [4.78, 5) is 27.7. The molecule has 2 aliphatic rings. The molecule has 1 aliphatic carbocycles. The third kappa shape index (κ3) is 2.15. The van der Waals surface area contributed by atoms with Crippen LogP contribution < -0.4 is 10.5 Å². The number of nitrogens with zero attached hydrogens (tertiary/aromatic N) is 3. The van der Waals surface area contributed by atoms with Gasteiger partial charge >= 0.3 is 0 Å². The first-order valence-corrected chi connectivity index (χ1v) is 9.54. The van der Waals surface area contributed by atoms with Gasteiger partial charge in [-0.1, -0.05) is 13.8 Å². The summed E-state index contributed by atoms with van der Waals surface area (Å²) in [6, 6.07) is 0. The normalized spacial score (nSPS) is 19.7. The molecule has 1 fully saturated rings. The Labute approximate surface area is 148 Å². The molecule has 3 aromatic rings. The van der Waals surface area contributed by atoms with Crippen LogP contribution in [0.2, 0.25) is 0 Å². The summed E-state index contributed by atoms with van der Waals surface area (Å²) < 4.78 is 6.19. The molecule has 25 heavy (non-hydrogen) atoms. The standard InChI is InChI=1S/C18H20N4O2S/c1-18(2)4-3-10-12(18)11-13-14(16(23)20-9-19-13)25-17(11)21-15(10)22-5-7-24-8-6-22/h9H,3-8H2,1-2H3,(H,19,20,23). The van der Waals surface area contributed by atoms with Gasteiger partial charge < -0.3 is 14.6 Å². The Morgan fingerprint density at radius 3 is 2.92 bits per heavy atom. The van der Waals surface area contributed by atoms with Crippen molar-refractivity contribution >= 4 is 37.6 Å². The molecule has 1 N–H and O–H groups in total. The average Bonchev–Trinajstić information content (AvgIpc) is 3.13. The van der Waals surface area contributed by atoms with Crippen LogP contribution in [-0.2, 0) is 16.6 Å². The highest BCUT2D eigenvalue weighted by molar-refractivity contribution is 7.25. The zero-order chi connectivity index (χ0) is 17.2. The zero-order valence-electron chi connectivity index (χ0n) is 14.4. The molecular weight excluding hydrogens is 336 g/mol. The molecule has 0 unspecified atom stereocenters. The predicted molar refractivity (Wildman–Crippen MR) is 99.9 cm³/mol. The molecule has 1 aliphatic heterocycles. The fourth-order valence-electron chi connectivity index (χ4n) is 4.22. The number of hydrogen-bond acceptors (Lipinski definition) is 6. The van der Waals surface area contributed by atoms with Crippen molar-refractivity contribution in [3.05, 3.63) is 27.8 Å². The maximum Gasteiger partial charge on any atom is 0.268 e. The number of fused-ring (bicyclic) bond motifs is 5. The van der Waals surface area contributed by atoms with Crippen LogP contribution in [0.3, 0.4) is 0 Å². The van der Waals surface area contributed by atoms with Crippen molar-refractivity contribution in [3.8, 4) is 0 Å². The van der Waals surface area contributed by atoms with Gasteiger partial charge in [0.15, 0.2) is 0 Å². The van der Waals surface area contributed by atoms with Gasteiger partial charge in [0.1, 0.15) is 15.3 Å². The topological polar surface area (TPSA) is 71.1 Å². The van der Waals surface area contributed by atoms with E-state index in [9.17, 15) is 4.79 Å². The molecular formula is C18H20N4O2S. The van der Waals surface area contributed by atoms with E-state index in [0.717, 1.165) is 60.7 Å². The number of anilines is 1. The lowest BCUT2D eigenvalue weighted by molar-refractivity contribution is 0.122. The zero-order valence-corrected chi connectivity index (χ0v) is 15.2. The predicted octanol–water partition coefficient (Wildman–Crippen LogP) is 2.59. The van der Waals surface area contributed by atoms with E-state index in [0.29, 0.717) is 4.70 Å². The Kier molecular flexibility index (Phi) is 3.21. The minimum Gasteiger partial charge on any atom is -0.378 e. The fourth-order valence-corrected chi connectivity index (χ4v) is 5.25. The maximum absolute atomic E-state index is 12.3. The minimum atomic E-state index is -0.0783. The van der Waals surface area contributed by atoms with Gasteiger partial charge in [-0.2, -0.15) is 0 Å². The fraction of sp³-hybridized carbons (Fsp3) is 0.500. The van der Waals surface area contributed by atoms with Crippen LogP contribution in [-0.4, -0.2) is 41.3 Å². The Morgan fingerprint density at radius 2 is 2.12 bits per heavy atom. The summed E-state index contributed by atoms with van der Waals surface area (Å²) >= 11 is 1.46. The molecule has 1 saturated heterocycles. The van der Waals surface area contributed by atoms with E-state index >= 15 is 0 Å². The number of hydrogen-bond donors (Lipinski definition) is 1. The summed E-state index contributed by atoms with van der Waals surface area (Å²) in [6.07, 6.45) is 3.63. The van der Waals surface area contributed by atoms with Crippen LogP contribution >= 0.6 is 11.3 Å². The second kappa shape index (κ2) is 5.25. The van der Waals surface area contributed by atoms with E-state index in [1.54, 1.807) is 0 Å². The lowest BCUT2D eigenvalue weighted by Gasteiger charge is -2.30. The number of rotatable bonds is 1. The van der Waals surface area contributed by atoms with Crippen molar-refractivity contribution in [1.29, 1.82) is 0 Å². The average molecular weight is 356 g/mol. The number of nitrogens with one attached hydrogen (secondary N) is 1. The quantitative estimate of drug-likeness (QED) is 0.726. The molecule has 0 radical (unpaired) electrons. The van der Waals surface area contributed by atoms with Gasteiger partial charge in [-0.25, -0.2) is 9.97 Å². The van der Waals surface area contributed by atoms with E-state index < -0.39 is 0 Å². The maximum atomic E-state index is 12.3. The molecule has 130 valence electrons. The van der Waals surface area contributed by atoms with Gasteiger partial charge in [0, 0.05) is 18.5 Å². The second-order valence-electron chi connectivity index (χ2n) is 7.46. The highest BCUT2D eigenvalue weighted by Gasteiger charge is 2.37. The summed E-state index contributed by atoms with van der Waals surface area (Å²) in [5.41, 5.74) is 3.46. The Balaban J connectivity index is 1.88. The van der Waals surface area contributed by atoms with Crippen molar-refractivity contribution < 1.29 is 4.74 Å². The van der Waals surface area contributed by atoms with Crippen LogP contribution in [0.5, 0.6) is 0 Å². The van der Waals surface area contributed by atoms with Crippen LogP contribution in [0, 0.1) is 0 Å². The Morgan fingerprint density at radius 1 is 1.32 bits per heavy atom. The summed E-state index contributed by atoms with van der Waals surface area (Å²) in [7, 11) is 0. The minimum absolute atomic E-state index is 0.0653. The lowest BCUT2D eigenvalue weighted by Crippen LogP contribution is -2.37. The highest BCUT2D eigenvalue weighted by Crippen LogP contribution is 2.48. The number of aromatic nitrogens is 3. The van der Waals surface area contributed by atoms with Gasteiger partial charge in [-0.15, -0.1) is 11.3 Å². The molecule has 0 aromatic carbocycles. The summed E-state index contributed by atoms with van der Waals surface area (Å²) in [5, 5.41) is 1.08. The number of morpholine rings is 1. The van der Waals surface area contributed by atoms with E-state index in [2.05, 4.69) is 28.7 Å². The molecule has 0 atom stereocenters. The number of H-pyrrole nitrogens is 1. The van der Waals surface area contributed by atoms with Crippen molar-refractivity contribution in [3.63, 3.8) is 0 Å². The smallest absolute Gasteiger partial charge is 0.268 e. The molecule has 5 rings (SSSR count). The molecule has 0 amide bonds. The number of ether oxygens (including phenoxy) is 1. The van der Waals surface area contributed by atoms with Crippen LogP contribution in [0.15, 0.2) is 11.1 Å². The van der Waals surface area contributed by atoms with Gasteiger partial charge in [-0.3, -0.25) is 4.79 Å². The van der Waals surface area contributed by atoms with E-state index in [4.69, 9.17) is 9.72 Å². The van der Waals surface area contributed by atoms with Gasteiger partial charge in [0.25, 0.3) is 5.56 Å². The molecule has 0 saturated carbocycles. The number of thiophene rings is 1. The molecule has 7 heteroatoms. The highest BCUT2D eigenvalue weighted by atomic mass is 32.1. The molecule has 3 aromatic heterocycles. The van der Waals surface area contributed by atoms with E-state index in [1.807, 2.05) is 0 Å². The largest absolute Gasteiger partial charge is 0.378 e. The van der Waals surface area contributed by atoms with Crippen LogP contribution in [0.4, 0.5) is 5.82 Å².